The maximum atomic E-state index is 14.0. The van der Waals surface area contributed by atoms with Crippen molar-refractivity contribution in [2.75, 3.05) is 29.1 Å². The van der Waals surface area contributed by atoms with Crippen molar-refractivity contribution in [3.8, 4) is 0 Å². The molecule has 3 rings (SSSR count). The maximum absolute atomic E-state index is 14.0. The van der Waals surface area contributed by atoms with Gasteiger partial charge in [-0.1, -0.05) is 23.7 Å². The zero-order valence-corrected chi connectivity index (χ0v) is 18.2. The Hall–Kier alpha value is -2.97. The molecule has 3 amide bonds. The SMILES string of the molecule is C[C@@H](C(=O)Nc1ccc(Cl)cc1F)N(C)CC(=O)N1c2ccccc2NC(=O)C[C@@H]1C. The van der Waals surface area contributed by atoms with Crippen molar-refractivity contribution in [1.29, 1.82) is 0 Å². The minimum atomic E-state index is -0.712. The van der Waals surface area contributed by atoms with Gasteiger partial charge >= 0.3 is 0 Å². The van der Waals surface area contributed by atoms with Crippen LogP contribution in [0, 0.1) is 5.82 Å². The van der Waals surface area contributed by atoms with Crippen molar-refractivity contribution < 1.29 is 18.8 Å². The van der Waals surface area contributed by atoms with Gasteiger partial charge in [-0.2, -0.15) is 0 Å². The average Bonchev–Trinajstić information content (AvgIpc) is 2.83. The van der Waals surface area contributed by atoms with E-state index < -0.39 is 17.8 Å². The molecule has 164 valence electrons. The van der Waals surface area contributed by atoms with E-state index in [1.54, 1.807) is 55.0 Å². The first kappa shape index (κ1) is 22.7. The van der Waals surface area contributed by atoms with E-state index in [0.717, 1.165) is 6.07 Å². The molecule has 1 aliphatic rings. The van der Waals surface area contributed by atoms with Gasteiger partial charge in [-0.25, -0.2) is 4.39 Å². The molecule has 9 heteroatoms. The van der Waals surface area contributed by atoms with Crippen LogP contribution < -0.4 is 15.5 Å². The highest BCUT2D eigenvalue weighted by atomic mass is 35.5. The summed E-state index contributed by atoms with van der Waals surface area (Å²) in [6.07, 6.45) is 0.163. The molecule has 7 nitrogen and oxygen atoms in total. The topological polar surface area (TPSA) is 81.8 Å². The van der Waals surface area contributed by atoms with Gasteiger partial charge < -0.3 is 15.5 Å². The lowest BCUT2D eigenvalue weighted by Gasteiger charge is -2.31. The van der Waals surface area contributed by atoms with Gasteiger partial charge in [0.25, 0.3) is 0 Å². The Morgan fingerprint density at radius 2 is 2.03 bits per heavy atom. The molecular formula is C22H24ClFN4O3. The van der Waals surface area contributed by atoms with Gasteiger partial charge in [-0.05, 0) is 51.2 Å². The Labute approximate surface area is 185 Å². The van der Waals surface area contributed by atoms with Crippen LogP contribution in [0.3, 0.4) is 0 Å². The van der Waals surface area contributed by atoms with Gasteiger partial charge in [0.2, 0.25) is 17.7 Å². The molecule has 0 aromatic heterocycles. The van der Waals surface area contributed by atoms with Crippen LogP contribution in [0.5, 0.6) is 0 Å². The molecule has 2 atom stereocenters. The first-order valence-electron chi connectivity index (χ1n) is 9.84. The fourth-order valence-electron chi connectivity index (χ4n) is 3.42. The summed E-state index contributed by atoms with van der Waals surface area (Å²) >= 11 is 5.74. The lowest BCUT2D eigenvalue weighted by Crippen LogP contribution is -2.48. The van der Waals surface area contributed by atoms with Crippen LogP contribution in [0.4, 0.5) is 21.5 Å². The average molecular weight is 447 g/mol. The van der Waals surface area contributed by atoms with Crippen LogP contribution in [0.2, 0.25) is 5.02 Å². The Morgan fingerprint density at radius 1 is 1.32 bits per heavy atom. The molecular weight excluding hydrogens is 423 g/mol. The van der Waals surface area contributed by atoms with E-state index >= 15 is 0 Å². The minimum Gasteiger partial charge on any atom is -0.324 e. The van der Waals surface area contributed by atoms with Gasteiger partial charge in [0.05, 0.1) is 29.6 Å². The number of likely N-dealkylation sites (N-methyl/N-ethyl adjacent to an activating group) is 1. The molecule has 0 saturated heterocycles. The van der Waals surface area contributed by atoms with Crippen LogP contribution >= 0.6 is 11.6 Å². The number of halogens is 2. The molecule has 31 heavy (non-hydrogen) atoms. The predicted octanol–water partition coefficient (Wildman–Crippen LogP) is 3.50. The second-order valence-electron chi connectivity index (χ2n) is 7.59. The number of rotatable bonds is 5. The summed E-state index contributed by atoms with van der Waals surface area (Å²) in [7, 11) is 1.64. The van der Waals surface area contributed by atoms with Gasteiger partial charge in [-0.15, -0.1) is 0 Å². The number of nitrogens with zero attached hydrogens (tertiary/aromatic N) is 2. The van der Waals surface area contributed by atoms with Gasteiger partial charge in [0, 0.05) is 17.5 Å². The fourth-order valence-corrected chi connectivity index (χ4v) is 3.58. The van der Waals surface area contributed by atoms with Crippen LogP contribution in [0.25, 0.3) is 0 Å². The molecule has 0 saturated carbocycles. The molecule has 0 unspecified atom stereocenters. The highest BCUT2D eigenvalue weighted by Crippen LogP contribution is 2.31. The lowest BCUT2D eigenvalue weighted by molar-refractivity contribution is -0.123. The number of nitrogens with one attached hydrogen (secondary N) is 2. The molecule has 0 bridgehead atoms. The second kappa shape index (κ2) is 9.45. The van der Waals surface area contributed by atoms with Crippen molar-refractivity contribution in [2.24, 2.45) is 0 Å². The number of fused-ring (bicyclic) bond motifs is 1. The van der Waals surface area contributed by atoms with Crippen molar-refractivity contribution >= 4 is 46.4 Å². The van der Waals surface area contributed by atoms with Crippen LogP contribution in [-0.4, -0.2) is 48.3 Å². The Balaban J connectivity index is 1.71. The third-order valence-electron chi connectivity index (χ3n) is 5.24. The first-order valence-corrected chi connectivity index (χ1v) is 10.2. The zero-order valence-electron chi connectivity index (χ0n) is 17.5. The zero-order chi connectivity index (χ0) is 22.7. The number of hydrogen-bond acceptors (Lipinski definition) is 4. The summed E-state index contributed by atoms with van der Waals surface area (Å²) in [5.41, 5.74) is 1.19. The number of amides is 3. The third-order valence-corrected chi connectivity index (χ3v) is 5.48. The summed E-state index contributed by atoms with van der Waals surface area (Å²) in [6, 6.07) is 10.0. The number of benzene rings is 2. The molecule has 2 aromatic rings. The van der Waals surface area contributed by atoms with E-state index in [0.29, 0.717) is 11.4 Å². The molecule has 0 aliphatic carbocycles. The molecule has 0 fully saturated rings. The molecule has 0 spiro atoms. The number of carbonyl (C=O) groups excluding carboxylic acids is 3. The van der Waals surface area contributed by atoms with Crippen LogP contribution in [-0.2, 0) is 14.4 Å². The Bertz CT molecular complexity index is 1020. The van der Waals surface area contributed by atoms with Gasteiger partial charge in [0.1, 0.15) is 5.82 Å². The molecule has 1 heterocycles. The van der Waals surface area contributed by atoms with Gasteiger partial charge in [-0.3, -0.25) is 19.3 Å². The number of hydrogen-bond donors (Lipinski definition) is 2. The van der Waals surface area contributed by atoms with E-state index in [4.69, 9.17) is 11.6 Å². The van der Waals surface area contributed by atoms with E-state index in [1.807, 2.05) is 0 Å². The van der Waals surface area contributed by atoms with E-state index in [9.17, 15) is 18.8 Å². The quantitative estimate of drug-likeness (QED) is 0.736. The summed E-state index contributed by atoms with van der Waals surface area (Å²) in [5.74, 6) is -1.52. The Kier molecular flexibility index (Phi) is 6.92. The third kappa shape index (κ3) is 5.21. The predicted molar refractivity (Wildman–Crippen MR) is 119 cm³/mol. The summed E-state index contributed by atoms with van der Waals surface area (Å²) < 4.78 is 14.0. The summed E-state index contributed by atoms with van der Waals surface area (Å²) in [5, 5.41) is 5.56. The van der Waals surface area contributed by atoms with E-state index in [-0.39, 0.29) is 41.5 Å². The summed E-state index contributed by atoms with van der Waals surface area (Å²) in [6.45, 7) is 3.37. The minimum absolute atomic E-state index is 0.0145. The number of para-hydroxylation sites is 2. The lowest BCUT2D eigenvalue weighted by atomic mass is 10.1. The molecule has 2 aromatic carbocycles. The van der Waals surface area contributed by atoms with E-state index in [1.165, 1.54) is 12.1 Å². The largest absolute Gasteiger partial charge is 0.324 e. The molecule has 0 radical (unpaired) electrons. The molecule has 1 aliphatic heterocycles. The summed E-state index contributed by atoms with van der Waals surface area (Å²) in [4.78, 5) is 41.0. The standard InChI is InChI=1S/C22H24ClFN4O3/c1-13-10-20(29)25-18-6-4-5-7-19(18)28(13)21(30)12-27(3)14(2)22(31)26-17-9-8-15(23)11-16(17)24/h4-9,11,13-14H,10,12H2,1-3H3,(H,25,29)(H,26,31)/t13-,14-/m0/s1. The maximum Gasteiger partial charge on any atom is 0.241 e. The fraction of sp³-hybridized carbons (Fsp3) is 0.318. The molecule has 2 N–H and O–H groups in total. The normalized spacial score (nSPS) is 16.9. The van der Waals surface area contributed by atoms with Crippen molar-refractivity contribution in [3.63, 3.8) is 0 Å². The van der Waals surface area contributed by atoms with Crippen molar-refractivity contribution in [3.05, 3.63) is 53.3 Å². The first-order chi connectivity index (χ1) is 14.7. The smallest absolute Gasteiger partial charge is 0.241 e. The van der Waals surface area contributed by atoms with Gasteiger partial charge in [0.15, 0.2) is 0 Å². The van der Waals surface area contributed by atoms with E-state index in [2.05, 4.69) is 10.6 Å². The van der Waals surface area contributed by atoms with Crippen molar-refractivity contribution in [1.82, 2.24) is 4.90 Å². The van der Waals surface area contributed by atoms with Crippen LogP contribution in [0.1, 0.15) is 20.3 Å². The Morgan fingerprint density at radius 3 is 2.74 bits per heavy atom. The monoisotopic (exact) mass is 446 g/mol. The highest BCUT2D eigenvalue weighted by molar-refractivity contribution is 6.30. The van der Waals surface area contributed by atoms with Crippen LogP contribution in [0.15, 0.2) is 42.5 Å². The second-order valence-corrected chi connectivity index (χ2v) is 8.02. The highest BCUT2D eigenvalue weighted by Gasteiger charge is 2.31. The van der Waals surface area contributed by atoms with Crippen molar-refractivity contribution in [2.45, 2.75) is 32.4 Å². The number of carbonyl (C=O) groups is 3. The number of anilines is 3.